The smallest absolute Gasteiger partial charge is 0.191 e. The largest absolute Gasteiger partial charge is 0.381 e. The van der Waals surface area contributed by atoms with Crippen LogP contribution in [0.25, 0.3) is 0 Å². The molecule has 0 spiro atoms. The molecule has 3 rings (SSSR count). The predicted molar refractivity (Wildman–Crippen MR) is 124 cm³/mol. The van der Waals surface area contributed by atoms with Crippen molar-refractivity contribution in [2.75, 3.05) is 20.3 Å². The minimum Gasteiger partial charge on any atom is -0.381 e. The molecule has 1 aliphatic rings. The summed E-state index contributed by atoms with van der Waals surface area (Å²) in [6.45, 7) is 3.35. The molecule has 1 fully saturated rings. The second kappa shape index (κ2) is 12.8. The van der Waals surface area contributed by atoms with E-state index in [1.165, 1.54) is 12.1 Å². The standard InChI is InChI=1S/C22H28FN3O2.HI/c1-24-22(26-15-18-5-3-7-20(23)13-18)25-14-17-4-2-6-19(12-17)16-28-21-8-10-27-11-9-21;/h2-7,12-13,21H,8-11,14-16H2,1H3,(H2,24,25,26);1H. The van der Waals surface area contributed by atoms with Crippen molar-refractivity contribution in [2.24, 2.45) is 4.99 Å². The van der Waals surface area contributed by atoms with Gasteiger partial charge in [0.25, 0.3) is 0 Å². The number of guanidine groups is 1. The average Bonchev–Trinajstić information content (AvgIpc) is 2.73. The van der Waals surface area contributed by atoms with Crippen LogP contribution < -0.4 is 10.6 Å². The minimum atomic E-state index is -0.234. The Morgan fingerprint density at radius 2 is 1.66 bits per heavy atom. The van der Waals surface area contributed by atoms with Crippen LogP contribution in [0.4, 0.5) is 4.39 Å². The summed E-state index contributed by atoms with van der Waals surface area (Å²) in [4.78, 5) is 4.22. The van der Waals surface area contributed by atoms with Gasteiger partial charge in [-0.25, -0.2) is 4.39 Å². The van der Waals surface area contributed by atoms with E-state index in [0.717, 1.165) is 42.7 Å². The predicted octanol–water partition coefficient (Wildman–Crippen LogP) is 4.00. The van der Waals surface area contributed by atoms with Crippen LogP contribution in [0.1, 0.15) is 29.5 Å². The number of hydrogen-bond acceptors (Lipinski definition) is 3. The summed E-state index contributed by atoms with van der Waals surface area (Å²) >= 11 is 0. The molecule has 0 atom stereocenters. The highest BCUT2D eigenvalue weighted by Gasteiger charge is 2.14. The Kier molecular flexibility index (Phi) is 10.4. The van der Waals surface area contributed by atoms with Gasteiger partial charge in [-0.1, -0.05) is 36.4 Å². The lowest BCUT2D eigenvalue weighted by molar-refractivity contribution is -0.0390. The van der Waals surface area contributed by atoms with Crippen LogP contribution >= 0.6 is 24.0 Å². The van der Waals surface area contributed by atoms with Gasteiger partial charge in [0.15, 0.2) is 5.96 Å². The van der Waals surface area contributed by atoms with Crippen LogP contribution in [0.15, 0.2) is 53.5 Å². The molecule has 1 saturated heterocycles. The first-order chi connectivity index (χ1) is 13.7. The molecule has 1 heterocycles. The van der Waals surface area contributed by atoms with Crippen molar-refractivity contribution in [1.82, 2.24) is 10.6 Å². The molecule has 2 aromatic carbocycles. The Morgan fingerprint density at radius 1 is 1.03 bits per heavy atom. The number of aliphatic imine (C=N–C) groups is 1. The second-order valence-electron chi connectivity index (χ2n) is 6.85. The maximum absolute atomic E-state index is 13.3. The Balaban J connectivity index is 0.00000300. The van der Waals surface area contributed by atoms with E-state index < -0.39 is 0 Å². The highest BCUT2D eigenvalue weighted by Crippen LogP contribution is 2.14. The maximum Gasteiger partial charge on any atom is 0.191 e. The summed E-state index contributed by atoms with van der Waals surface area (Å²) in [6, 6.07) is 14.9. The van der Waals surface area contributed by atoms with Crippen LogP contribution in [0, 0.1) is 5.82 Å². The van der Waals surface area contributed by atoms with Crippen molar-refractivity contribution in [1.29, 1.82) is 0 Å². The first kappa shape index (κ1) is 23.6. The number of rotatable bonds is 7. The van der Waals surface area contributed by atoms with Crippen LogP contribution in [0.3, 0.4) is 0 Å². The molecule has 0 saturated carbocycles. The number of hydrogen-bond donors (Lipinski definition) is 2. The number of benzene rings is 2. The van der Waals surface area contributed by atoms with Gasteiger partial charge in [-0.3, -0.25) is 4.99 Å². The van der Waals surface area contributed by atoms with Gasteiger partial charge in [-0.05, 0) is 41.7 Å². The van der Waals surface area contributed by atoms with E-state index in [-0.39, 0.29) is 29.8 Å². The molecule has 29 heavy (non-hydrogen) atoms. The Bertz CT molecular complexity index is 782. The molecule has 5 nitrogen and oxygen atoms in total. The summed E-state index contributed by atoms with van der Waals surface area (Å²) in [6.07, 6.45) is 2.23. The summed E-state index contributed by atoms with van der Waals surface area (Å²) in [5, 5.41) is 6.49. The number of nitrogens with one attached hydrogen (secondary N) is 2. The van der Waals surface area contributed by atoms with Crippen molar-refractivity contribution < 1.29 is 13.9 Å². The second-order valence-corrected chi connectivity index (χ2v) is 6.85. The SMILES string of the molecule is CN=C(NCc1cccc(F)c1)NCc1cccc(COC2CCOCC2)c1.I. The fourth-order valence-corrected chi connectivity index (χ4v) is 3.13. The van der Waals surface area contributed by atoms with E-state index in [0.29, 0.717) is 31.8 Å². The quantitative estimate of drug-likeness (QED) is 0.334. The van der Waals surface area contributed by atoms with Crippen molar-refractivity contribution in [3.8, 4) is 0 Å². The zero-order chi connectivity index (χ0) is 19.6. The number of halogens is 2. The Labute approximate surface area is 189 Å². The van der Waals surface area contributed by atoms with E-state index in [1.54, 1.807) is 13.1 Å². The molecule has 158 valence electrons. The van der Waals surface area contributed by atoms with Crippen molar-refractivity contribution in [2.45, 2.75) is 38.6 Å². The van der Waals surface area contributed by atoms with Crippen molar-refractivity contribution in [3.63, 3.8) is 0 Å². The van der Waals surface area contributed by atoms with E-state index in [2.05, 4.69) is 33.8 Å². The fraction of sp³-hybridized carbons (Fsp3) is 0.409. The lowest BCUT2D eigenvalue weighted by atomic mass is 10.1. The van der Waals surface area contributed by atoms with Gasteiger partial charge in [0.1, 0.15) is 5.82 Å². The molecule has 0 radical (unpaired) electrons. The zero-order valence-electron chi connectivity index (χ0n) is 16.7. The first-order valence-electron chi connectivity index (χ1n) is 9.69. The normalized spacial score (nSPS) is 14.9. The third kappa shape index (κ3) is 8.28. The number of nitrogens with zero attached hydrogens (tertiary/aromatic N) is 1. The Hall–Kier alpha value is -1.71. The lowest BCUT2D eigenvalue weighted by Gasteiger charge is -2.22. The average molecular weight is 513 g/mol. The Morgan fingerprint density at radius 3 is 2.31 bits per heavy atom. The molecule has 1 aliphatic heterocycles. The van der Waals surface area contributed by atoms with Gasteiger partial charge in [0.2, 0.25) is 0 Å². The van der Waals surface area contributed by atoms with Gasteiger partial charge in [-0.2, -0.15) is 0 Å². The summed E-state index contributed by atoms with van der Waals surface area (Å²) < 4.78 is 24.6. The topological polar surface area (TPSA) is 54.9 Å². The van der Waals surface area contributed by atoms with Gasteiger partial charge in [-0.15, -0.1) is 24.0 Å². The molecule has 0 aromatic heterocycles. The van der Waals surface area contributed by atoms with Crippen LogP contribution in [0.5, 0.6) is 0 Å². The van der Waals surface area contributed by atoms with Gasteiger partial charge < -0.3 is 20.1 Å². The summed E-state index contributed by atoms with van der Waals surface area (Å²) in [7, 11) is 1.72. The molecule has 2 N–H and O–H groups in total. The highest BCUT2D eigenvalue weighted by atomic mass is 127. The fourth-order valence-electron chi connectivity index (χ4n) is 3.13. The molecule has 0 aliphatic carbocycles. The van der Waals surface area contributed by atoms with Crippen LogP contribution in [0.2, 0.25) is 0 Å². The maximum atomic E-state index is 13.3. The van der Waals surface area contributed by atoms with Gasteiger partial charge in [0.05, 0.1) is 12.7 Å². The molecule has 0 bridgehead atoms. The minimum absolute atomic E-state index is 0. The third-order valence-electron chi connectivity index (χ3n) is 4.68. The monoisotopic (exact) mass is 513 g/mol. The highest BCUT2D eigenvalue weighted by molar-refractivity contribution is 14.0. The van der Waals surface area contributed by atoms with Crippen molar-refractivity contribution >= 4 is 29.9 Å². The first-order valence-corrected chi connectivity index (χ1v) is 9.69. The molecule has 7 heteroatoms. The number of ether oxygens (including phenoxy) is 2. The van der Waals surface area contributed by atoms with Crippen LogP contribution in [-0.2, 0) is 29.2 Å². The van der Waals surface area contributed by atoms with Gasteiger partial charge in [0, 0.05) is 33.4 Å². The summed E-state index contributed by atoms with van der Waals surface area (Å²) in [5.74, 6) is 0.440. The van der Waals surface area contributed by atoms with E-state index in [1.807, 2.05) is 12.1 Å². The molecular weight excluding hydrogens is 484 g/mol. The van der Waals surface area contributed by atoms with Crippen molar-refractivity contribution in [3.05, 3.63) is 71.0 Å². The van der Waals surface area contributed by atoms with E-state index in [4.69, 9.17) is 9.47 Å². The zero-order valence-corrected chi connectivity index (χ0v) is 19.0. The van der Waals surface area contributed by atoms with E-state index >= 15 is 0 Å². The molecule has 0 unspecified atom stereocenters. The third-order valence-corrected chi connectivity index (χ3v) is 4.68. The summed E-state index contributed by atoms with van der Waals surface area (Å²) in [5.41, 5.74) is 3.19. The molecule has 2 aromatic rings. The molecule has 0 amide bonds. The lowest BCUT2D eigenvalue weighted by Crippen LogP contribution is -2.36. The van der Waals surface area contributed by atoms with Gasteiger partial charge >= 0.3 is 0 Å². The van der Waals surface area contributed by atoms with E-state index in [9.17, 15) is 4.39 Å². The van der Waals surface area contributed by atoms with Crippen LogP contribution in [-0.4, -0.2) is 32.3 Å². The molecular formula is C22H29FIN3O2.